The van der Waals surface area contributed by atoms with Crippen molar-refractivity contribution in [3.63, 3.8) is 0 Å². The van der Waals surface area contributed by atoms with Crippen LogP contribution in [0.1, 0.15) is 28.0 Å². The number of aliphatic hydroxyl groups is 1. The molecule has 6 atom stereocenters. The van der Waals surface area contributed by atoms with Gasteiger partial charge in [0.1, 0.15) is 6.10 Å². The summed E-state index contributed by atoms with van der Waals surface area (Å²) >= 11 is 0. The van der Waals surface area contributed by atoms with Crippen LogP contribution in [0, 0.1) is 5.92 Å². The van der Waals surface area contributed by atoms with Gasteiger partial charge in [-0.2, -0.15) is 5.06 Å². The molecule has 1 N–H and O–H groups in total. The van der Waals surface area contributed by atoms with Crippen LogP contribution >= 0.6 is 0 Å². The van der Waals surface area contributed by atoms with Crippen LogP contribution < -0.4 is 0 Å². The Morgan fingerprint density at radius 1 is 1.52 bits per heavy atom. The van der Waals surface area contributed by atoms with E-state index >= 15 is 0 Å². The molecular formula is C15H27NO5. The molecule has 3 aliphatic heterocycles. The van der Waals surface area contributed by atoms with Crippen molar-refractivity contribution in [1.29, 1.82) is 0 Å². The van der Waals surface area contributed by atoms with Gasteiger partial charge in [-0.05, 0) is 13.3 Å². The van der Waals surface area contributed by atoms with E-state index in [0.717, 1.165) is 6.42 Å². The highest BCUT2D eigenvalue weighted by atomic mass is 16.7. The van der Waals surface area contributed by atoms with Crippen LogP contribution in [0.5, 0.6) is 0 Å². The van der Waals surface area contributed by atoms with E-state index in [1.54, 1.807) is 5.06 Å². The molecule has 3 saturated heterocycles. The monoisotopic (exact) mass is 302 g/mol. The first-order valence-corrected chi connectivity index (χ1v) is 7.80. The average Bonchev–Trinajstić information content (AvgIpc) is 3.17. The predicted molar refractivity (Wildman–Crippen MR) is 75.7 cm³/mol. The molecule has 122 valence electrons. The lowest BCUT2D eigenvalue weighted by molar-refractivity contribution is -0.185. The lowest BCUT2D eigenvalue weighted by Crippen LogP contribution is -2.40. The molecule has 3 rings (SSSR count). The molecule has 0 unspecified atom stereocenters. The lowest BCUT2D eigenvalue weighted by Gasteiger charge is -2.28. The molecule has 0 spiro atoms. The Morgan fingerprint density at radius 3 is 3.00 bits per heavy atom. The van der Waals surface area contributed by atoms with Gasteiger partial charge >= 0.3 is 0 Å². The summed E-state index contributed by atoms with van der Waals surface area (Å²) in [4.78, 5) is 5.74. The van der Waals surface area contributed by atoms with E-state index < -0.39 is 11.7 Å². The fourth-order valence-electron chi connectivity index (χ4n) is 3.41. The third-order valence-electron chi connectivity index (χ3n) is 4.87. The lowest BCUT2D eigenvalue weighted by atomic mass is 9.91. The van der Waals surface area contributed by atoms with Gasteiger partial charge in [0.05, 0.1) is 43.7 Å². The highest BCUT2D eigenvalue weighted by molar-refractivity contribution is 5.00. The van der Waals surface area contributed by atoms with Crippen LogP contribution in [-0.4, -0.2) is 73.6 Å². The molecule has 21 heavy (non-hydrogen) atoms. The second kappa shape index (κ2) is 6.10. The highest BCUT2D eigenvalue weighted by Crippen LogP contribution is 2.40. The molecule has 3 fully saturated rings. The fourth-order valence-corrected chi connectivity index (χ4v) is 3.41. The normalized spacial score (nSPS) is 46.5. The number of ether oxygens (including phenoxy) is 3. The Morgan fingerprint density at radius 2 is 2.38 bits per heavy atom. The van der Waals surface area contributed by atoms with Crippen LogP contribution in [0.15, 0.2) is 0 Å². The quantitative estimate of drug-likeness (QED) is 0.724. The van der Waals surface area contributed by atoms with Crippen molar-refractivity contribution >= 4 is 0 Å². The van der Waals surface area contributed by atoms with Crippen molar-refractivity contribution in [2.75, 3.05) is 33.4 Å². The zero-order valence-electron chi connectivity index (χ0n) is 13.9. The first-order valence-electron chi connectivity index (χ1n) is 8.51. The van der Waals surface area contributed by atoms with Crippen LogP contribution in [0.25, 0.3) is 0 Å². The van der Waals surface area contributed by atoms with Crippen molar-refractivity contribution in [2.24, 2.45) is 5.92 Å². The number of nitrogens with zero attached hydrogens (tertiary/aromatic N) is 1. The van der Waals surface area contributed by atoms with E-state index in [1.165, 1.54) is 0 Å². The van der Waals surface area contributed by atoms with Gasteiger partial charge in [-0.1, -0.05) is 6.92 Å². The van der Waals surface area contributed by atoms with Crippen LogP contribution in [0.2, 0.25) is 0 Å². The third-order valence-corrected chi connectivity index (χ3v) is 4.87. The van der Waals surface area contributed by atoms with Crippen molar-refractivity contribution < 1.29 is 25.5 Å². The van der Waals surface area contributed by atoms with E-state index in [9.17, 15) is 5.11 Å². The molecule has 0 saturated carbocycles. The van der Waals surface area contributed by atoms with Gasteiger partial charge in [0.2, 0.25) is 0 Å². The third kappa shape index (κ3) is 3.11. The Bertz CT molecular complexity index is 377. The Labute approximate surface area is 127 Å². The standard InChI is InChI=1S/C15H27NO5/c1-4-10-5-12(17)14(21-10)8-20-16(3)6-11-13-7-19-15(11,2)9-18-13/h10-14,17H,4-9H2,1-3H3/t10-,11-,12-,13-,14+,15-/m0/s1/i2D. The summed E-state index contributed by atoms with van der Waals surface area (Å²) in [6, 6.07) is 0. The summed E-state index contributed by atoms with van der Waals surface area (Å²) in [5.74, 6) is 0.160. The number of aliphatic hydroxyl groups excluding tert-OH is 1. The minimum atomic E-state index is -0.473. The van der Waals surface area contributed by atoms with Gasteiger partial charge in [0.25, 0.3) is 0 Å². The summed E-state index contributed by atoms with van der Waals surface area (Å²) in [5.41, 5.74) is -0.473. The van der Waals surface area contributed by atoms with Gasteiger partial charge in [0.15, 0.2) is 0 Å². The molecule has 6 nitrogen and oxygen atoms in total. The van der Waals surface area contributed by atoms with Crippen molar-refractivity contribution in [2.45, 2.75) is 56.7 Å². The average molecular weight is 302 g/mol. The number of hydroxylamine groups is 2. The van der Waals surface area contributed by atoms with E-state index in [-0.39, 0.29) is 31.1 Å². The Kier molecular flexibility index (Phi) is 4.17. The first-order chi connectivity index (χ1) is 10.6. The molecule has 0 radical (unpaired) electrons. The summed E-state index contributed by atoms with van der Waals surface area (Å²) in [5, 5.41) is 11.7. The molecule has 0 aromatic rings. The van der Waals surface area contributed by atoms with Crippen molar-refractivity contribution in [1.82, 2.24) is 5.06 Å². The summed E-state index contributed by atoms with van der Waals surface area (Å²) in [6.45, 7) is 4.35. The second-order valence-electron chi connectivity index (χ2n) is 6.45. The molecule has 6 heteroatoms. The number of hydrogen-bond acceptors (Lipinski definition) is 6. The molecule has 0 aliphatic carbocycles. The number of hydrogen-bond donors (Lipinski definition) is 1. The second-order valence-corrected chi connectivity index (χ2v) is 6.45. The summed E-state index contributed by atoms with van der Waals surface area (Å²) < 4.78 is 25.0. The predicted octanol–water partition coefficient (Wildman–Crippen LogP) is 0.582. The van der Waals surface area contributed by atoms with Crippen molar-refractivity contribution in [3.8, 4) is 0 Å². The van der Waals surface area contributed by atoms with Gasteiger partial charge in [-0.25, -0.2) is 0 Å². The summed E-state index contributed by atoms with van der Waals surface area (Å²) in [7, 11) is 1.87. The molecule has 0 aromatic carbocycles. The van der Waals surface area contributed by atoms with Gasteiger partial charge in [-0.15, -0.1) is 0 Å². The number of rotatable bonds is 6. The van der Waals surface area contributed by atoms with Crippen molar-refractivity contribution in [3.05, 3.63) is 0 Å². The molecule has 2 bridgehead atoms. The maximum absolute atomic E-state index is 9.97. The summed E-state index contributed by atoms with van der Waals surface area (Å²) in [6.07, 6.45) is 1.08. The maximum Gasteiger partial charge on any atom is 0.109 e. The molecular weight excluding hydrogens is 274 g/mol. The molecule has 3 heterocycles. The van der Waals surface area contributed by atoms with Crippen LogP contribution in [-0.2, 0) is 19.0 Å². The van der Waals surface area contributed by atoms with Crippen LogP contribution in [0.4, 0.5) is 0 Å². The fraction of sp³-hybridized carbons (Fsp3) is 1.00. The van der Waals surface area contributed by atoms with E-state index in [4.69, 9.17) is 20.4 Å². The molecule has 0 aromatic heterocycles. The molecule has 0 amide bonds. The Hall–Kier alpha value is -0.240. The topological polar surface area (TPSA) is 60.4 Å². The zero-order chi connectivity index (χ0) is 15.7. The Balaban J connectivity index is 1.46. The van der Waals surface area contributed by atoms with Gasteiger partial charge in [-0.3, -0.25) is 4.84 Å². The van der Waals surface area contributed by atoms with Gasteiger partial charge in [0, 0.05) is 27.3 Å². The minimum Gasteiger partial charge on any atom is -0.390 e. The first kappa shape index (κ1) is 14.4. The highest BCUT2D eigenvalue weighted by Gasteiger charge is 2.53. The zero-order valence-corrected chi connectivity index (χ0v) is 12.9. The van der Waals surface area contributed by atoms with Gasteiger partial charge < -0.3 is 19.3 Å². The van der Waals surface area contributed by atoms with Crippen LogP contribution in [0.3, 0.4) is 0 Å². The van der Waals surface area contributed by atoms with E-state index in [2.05, 4.69) is 6.92 Å². The maximum atomic E-state index is 9.97. The smallest absolute Gasteiger partial charge is 0.109 e. The molecule has 3 aliphatic rings. The number of fused-ring (bicyclic) bond motifs is 2. The minimum absolute atomic E-state index is 0.0641. The van der Waals surface area contributed by atoms with E-state index in [1.807, 2.05) is 7.05 Å². The largest absolute Gasteiger partial charge is 0.390 e. The SMILES string of the molecule is [2H]C[C@@]12CO[C@@H](CO1)[C@@H]2CN(C)OC[C@H]1O[C@@H](CC)C[C@@H]1O. The van der Waals surface area contributed by atoms with E-state index in [0.29, 0.717) is 32.8 Å².